The average molecular weight is 324 g/mol. The van der Waals surface area contributed by atoms with Crippen LogP contribution in [0.3, 0.4) is 0 Å². The fourth-order valence-corrected chi connectivity index (χ4v) is 2.95. The highest BCUT2D eigenvalue weighted by molar-refractivity contribution is 5.47. The maximum atomic E-state index is 12.4. The van der Waals surface area contributed by atoms with Gasteiger partial charge < -0.3 is 14.6 Å². The van der Waals surface area contributed by atoms with Crippen LogP contribution in [-0.4, -0.2) is 21.4 Å². The molecule has 0 saturated carbocycles. The van der Waals surface area contributed by atoms with Gasteiger partial charge in [-0.1, -0.05) is 0 Å². The van der Waals surface area contributed by atoms with Gasteiger partial charge in [0, 0.05) is 38.2 Å². The van der Waals surface area contributed by atoms with Crippen LogP contribution in [-0.2, 0) is 19.5 Å². The van der Waals surface area contributed by atoms with Crippen LogP contribution in [0.5, 0.6) is 0 Å². The van der Waals surface area contributed by atoms with E-state index in [1.807, 2.05) is 0 Å². The largest absolute Gasteiger partial charge is 0.619 e. The van der Waals surface area contributed by atoms with Gasteiger partial charge in [-0.15, -0.1) is 0 Å². The molecule has 0 aliphatic carbocycles. The van der Waals surface area contributed by atoms with Crippen molar-refractivity contribution in [3.8, 4) is 11.6 Å². The Bertz CT molecular complexity index is 901. The van der Waals surface area contributed by atoms with Gasteiger partial charge in [0.25, 0.3) is 5.56 Å². The van der Waals surface area contributed by atoms with Crippen LogP contribution >= 0.6 is 0 Å². The van der Waals surface area contributed by atoms with E-state index in [1.54, 1.807) is 30.5 Å². The molecule has 7 nitrogen and oxygen atoms in total. The summed E-state index contributed by atoms with van der Waals surface area (Å²) < 4.78 is 6.07. The fourth-order valence-electron chi connectivity index (χ4n) is 2.95. The zero-order chi connectivity index (χ0) is 16.5. The fraction of sp³-hybridized carbons (Fsp3) is 0.235. The minimum atomic E-state index is -0.124. The quantitative estimate of drug-likeness (QED) is 0.578. The van der Waals surface area contributed by atoms with Gasteiger partial charge in [-0.2, -0.15) is 4.73 Å². The van der Waals surface area contributed by atoms with Crippen molar-refractivity contribution in [2.24, 2.45) is 0 Å². The minimum Gasteiger partial charge on any atom is -0.619 e. The molecule has 0 aromatic carbocycles. The number of rotatable bonds is 3. The Morgan fingerprint density at radius 2 is 2.17 bits per heavy atom. The molecule has 122 valence electrons. The maximum absolute atomic E-state index is 12.4. The first-order valence-electron chi connectivity index (χ1n) is 7.75. The van der Waals surface area contributed by atoms with Crippen LogP contribution in [0.15, 0.2) is 52.1 Å². The van der Waals surface area contributed by atoms with E-state index < -0.39 is 0 Å². The summed E-state index contributed by atoms with van der Waals surface area (Å²) in [4.78, 5) is 21.9. The monoisotopic (exact) mass is 324 g/mol. The molecule has 4 heterocycles. The van der Waals surface area contributed by atoms with Crippen LogP contribution in [0.25, 0.3) is 11.6 Å². The van der Waals surface area contributed by atoms with E-state index >= 15 is 0 Å². The van der Waals surface area contributed by atoms with Gasteiger partial charge in [0.2, 0.25) is 0 Å². The Hall–Kier alpha value is -2.93. The Balaban J connectivity index is 1.57. The lowest BCUT2D eigenvalue weighted by molar-refractivity contribution is -0.605. The van der Waals surface area contributed by atoms with Gasteiger partial charge in [-0.3, -0.25) is 9.69 Å². The standard InChI is InChI=1S/C17H16N4O3/c22-17-13-11-20(10-12-3-7-21(23)8-4-12)6-5-14(13)18-16(19-17)15-2-1-9-24-15/h1-4,7-9H,5-6,10-11H2,(H,18,19,22). The number of H-pyrrole nitrogens is 1. The SMILES string of the molecule is O=c1[nH]c(-c2ccco2)nc2c1CN(Cc1cc[n+]([O-])cc1)CC2. The smallest absolute Gasteiger partial charge is 0.256 e. The molecule has 3 aromatic heterocycles. The maximum Gasteiger partial charge on any atom is 0.256 e. The Labute approximate surface area is 137 Å². The number of nitrogens with one attached hydrogen (secondary N) is 1. The molecular weight excluding hydrogens is 308 g/mol. The minimum absolute atomic E-state index is 0.124. The number of aromatic nitrogens is 3. The van der Waals surface area contributed by atoms with Crippen molar-refractivity contribution in [2.75, 3.05) is 6.54 Å². The summed E-state index contributed by atoms with van der Waals surface area (Å²) in [6.07, 6.45) is 5.23. The first-order chi connectivity index (χ1) is 11.7. The van der Waals surface area contributed by atoms with E-state index in [0.29, 0.717) is 36.7 Å². The van der Waals surface area contributed by atoms with Gasteiger partial charge in [0.1, 0.15) is 0 Å². The second kappa shape index (κ2) is 5.93. The van der Waals surface area contributed by atoms with Gasteiger partial charge in [0.15, 0.2) is 24.0 Å². The summed E-state index contributed by atoms with van der Waals surface area (Å²) in [5.74, 6) is 1.03. The zero-order valence-electron chi connectivity index (χ0n) is 12.9. The van der Waals surface area contributed by atoms with Crippen molar-refractivity contribution in [1.29, 1.82) is 0 Å². The van der Waals surface area contributed by atoms with Crippen LogP contribution in [0.1, 0.15) is 16.8 Å². The van der Waals surface area contributed by atoms with Gasteiger partial charge in [-0.25, -0.2) is 4.98 Å². The van der Waals surface area contributed by atoms with Crippen molar-refractivity contribution in [3.05, 3.63) is 75.3 Å². The van der Waals surface area contributed by atoms with Crippen molar-refractivity contribution in [2.45, 2.75) is 19.5 Å². The number of nitrogens with zero attached hydrogens (tertiary/aromatic N) is 3. The molecule has 0 fully saturated rings. The number of fused-ring (bicyclic) bond motifs is 1. The lowest BCUT2D eigenvalue weighted by atomic mass is 10.1. The molecule has 0 bridgehead atoms. The first-order valence-corrected chi connectivity index (χ1v) is 7.75. The van der Waals surface area contributed by atoms with E-state index in [2.05, 4.69) is 14.9 Å². The second-order valence-corrected chi connectivity index (χ2v) is 5.84. The van der Waals surface area contributed by atoms with E-state index in [0.717, 1.165) is 22.5 Å². The zero-order valence-corrected chi connectivity index (χ0v) is 12.9. The Morgan fingerprint density at radius 3 is 2.92 bits per heavy atom. The predicted molar refractivity (Wildman–Crippen MR) is 85.8 cm³/mol. The highest BCUT2D eigenvalue weighted by Crippen LogP contribution is 2.19. The average Bonchev–Trinajstić information content (AvgIpc) is 3.12. The third kappa shape index (κ3) is 2.81. The predicted octanol–water partition coefficient (Wildman–Crippen LogP) is 1.22. The number of hydrogen-bond donors (Lipinski definition) is 1. The van der Waals surface area contributed by atoms with Gasteiger partial charge >= 0.3 is 0 Å². The normalized spacial score (nSPS) is 14.5. The molecule has 0 radical (unpaired) electrons. The van der Waals surface area contributed by atoms with E-state index in [1.165, 1.54) is 12.4 Å². The summed E-state index contributed by atoms with van der Waals surface area (Å²) in [6, 6.07) is 7.13. The van der Waals surface area contributed by atoms with Crippen molar-refractivity contribution in [1.82, 2.24) is 14.9 Å². The lowest BCUT2D eigenvalue weighted by Crippen LogP contribution is -2.35. The van der Waals surface area contributed by atoms with E-state index in [-0.39, 0.29) is 5.56 Å². The number of pyridine rings is 1. The molecule has 1 aliphatic heterocycles. The van der Waals surface area contributed by atoms with Gasteiger partial charge in [-0.05, 0) is 17.7 Å². The Kier molecular flexibility index (Phi) is 3.62. The van der Waals surface area contributed by atoms with Crippen LogP contribution in [0.4, 0.5) is 0 Å². The molecule has 0 amide bonds. The molecule has 4 rings (SSSR count). The van der Waals surface area contributed by atoms with Crippen LogP contribution in [0, 0.1) is 5.21 Å². The lowest BCUT2D eigenvalue weighted by Gasteiger charge is -2.27. The highest BCUT2D eigenvalue weighted by atomic mass is 16.5. The molecular formula is C17H16N4O3. The summed E-state index contributed by atoms with van der Waals surface area (Å²) in [7, 11) is 0. The van der Waals surface area contributed by atoms with Crippen LogP contribution < -0.4 is 10.3 Å². The number of aromatic amines is 1. The molecule has 0 spiro atoms. The molecule has 1 N–H and O–H groups in total. The first kappa shape index (κ1) is 14.6. The van der Waals surface area contributed by atoms with E-state index in [9.17, 15) is 10.0 Å². The third-order valence-electron chi connectivity index (χ3n) is 4.18. The van der Waals surface area contributed by atoms with E-state index in [4.69, 9.17) is 4.42 Å². The summed E-state index contributed by atoms with van der Waals surface area (Å²) in [5, 5.41) is 11.1. The number of furan rings is 1. The van der Waals surface area contributed by atoms with Crippen molar-refractivity contribution < 1.29 is 9.15 Å². The Morgan fingerprint density at radius 1 is 1.33 bits per heavy atom. The van der Waals surface area contributed by atoms with Crippen molar-refractivity contribution in [3.63, 3.8) is 0 Å². The van der Waals surface area contributed by atoms with Crippen LogP contribution in [0.2, 0.25) is 0 Å². The summed E-state index contributed by atoms with van der Waals surface area (Å²) >= 11 is 0. The molecule has 0 atom stereocenters. The molecule has 24 heavy (non-hydrogen) atoms. The molecule has 0 saturated heterocycles. The molecule has 3 aromatic rings. The second-order valence-electron chi connectivity index (χ2n) is 5.84. The summed E-state index contributed by atoms with van der Waals surface area (Å²) in [5.41, 5.74) is 2.45. The molecule has 0 unspecified atom stereocenters. The molecule has 1 aliphatic rings. The number of hydrogen-bond acceptors (Lipinski definition) is 5. The third-order valence-corrected chi connectivity index (χ3v) is 4.18. The topological polar surface area (TPSA) is 89.1 Å². The highest BCUT2D eigenvalue weighted by Gasteiger charge is 2.22. The van der Waals surface area contributed by atoms with Crippen molar-refractivity contribution >= 4 is 0 Å². The van der Waals surface area contributed by atoms with Gasteiger partial charge in [0.05, 0.1) is 17.5 Å². The molecule has 7 heteroatoms. The summed E-state index contributed by atoms with van der Waals surface area (Å²) in [6.45, 7) is 2.05.